The third-order valence-electron chi connectivity index (χ3n) is 4.95. The zero-order valence-electron chi connectivity index (χ0n) is 17.9. The number of fused-ring (bicyclic) bond motifs is 1. The van der Waals surface area contributed by atoms with Gasteiger partial charge in [-0.3, -0.25) is 9.59 Å². The molecule has 0 spiro atoms. The van der Waals surface area contributed by atoms with E-state index >= 15 is 0 Å². The molecule has 1 aromatic heterocycles. The molecule has 1 aliphatic heterocycles. The lowest BCUT2D eigenvalue weighted by Crippen LogP contribution is -2.42. The molecule has 1 amide bonds. The van der Waals surface area contributed by atoms with Gasteiger partial charge < -0.3 is 0 Å². The van der Waals surface area contributed by atoms with Crippen LogP contribution in [0.15, 0.2) is 34.3 Å². The van der Waals surface area contributed by atoms with Crippen LogP contribution >= 0.6 is 11.8 Å². The van der Waals surface area contributed by atoms with Crippen molar-refractivity contribution in [1.29, 1.82) is 0 Å². The highest BCUT2D eigenvalue weighted by atomic mass is 32.2. The molecule has 6 nitrogen and oxygen atoms in total. The van der Waals surface area contributed by atoms with Crippen molar-refractivity contribution in [3.63, 3.8) is 0 Å². The van der Waals surface area contributed by atoms with Gasteiger partial charge in [0.15, 0.2) is 11.6 Å². The van der Waals surface area contributed by atoms with Crippen molar-refractivity contribution in [3.8, 4) is 0 Å². The Bertz CT molecular complexity index is 968. The molecule has 7 heteroatoms. The molecule has 1 aliphatic rings. The van der Waals surface area contributed by atoms with E-state index < -0.39 is 0 Å². The number of ketones is 1. The second kappa shape index (κ2) is 8.14. The largest absolute Gasteiger partial charge is 0.294 e. The Hall–Kier alpha value is -2.41. The number of rotatable bonds is 5. The second-order valence-electron chi connectivity index (χ2n) is 8.01. The second-order valence-corrected chi connectivity index (χ2v) is 8.98. The number of hydrogen-bond donors (Lipinski definition) is 0. The quantitative estimate of drug-likeness (QED) is 0.725. The van der Waals surface area contributed by atoms with Crippen LogP contribution in [0, 0.1) is 0 Å². The highest BCUT2D eigenvalue weighted by Gasteiger charge is 2.35. The topological polar surface area (TPSA) is 68.1 Å². The highest BCUT2D eigenvalue weighted by Crippen LogP contribution is 2.40. The Morgan fingerprint density at radius 3 is 2.17 bits per heavy atom. The Morgan fingerprint density at radius 1 is 1.00 bits per heavy atom. The van der Waals surface area contributed by atoms with Crippen molar-refractivity contribution in [2.75, 3.05) is 5.01 Å². The summed E-state index contributed by atoms with van der Waals surface area (Å²) >= 11 is 1.30. The van der Waals surface area contributed by atoms with Gasteiger partial charge in [-0.15, -0.1) is 10.2 Å². The van der Waals surface area contributed by atoms with Crippen LogP contribution < -0.4 is 5.01 Å². The van der Waals surface area contributed by atoms with Gasteiger partial charge in [0.05, 0.1) is 10.6 Å². The normalized spacial score (nSPS) is 14.2. The van der Waals surface area contributed by atoms with Crippen LogP contribution in [-0.2, 0) is 21.4 Å². The van der Waals surface area contributed by atoms with Crippen molar-refractivity contribution in [3.05, 3.63) is 46.1 Å². The minimum Gasteiger partial charge on any atom is -0.294 e. The fraction of sp³-hybridized carbons (Fsp3) is 0.455. The molecular weight excluding hydrogens is 384 g/mol. The third-order valence-corrected chi connectivity index (χ3v) is 6.01. The van der Waals surface area contributed by atoms with E-state index in [1.807, 2.05) is 32.9 Å². The molecule has 0 saturated carbocycles. The predicted molar refractivity (Wildman–Crippen MR) is 116 cm³/mol. The fourth-order valence-electron chi connectivity index (χ4n) is 3.23. The molecule has 2 aromatic rings. The van der Waals surface area contributed by atoms with E-state index in [-0.39, 0.29) is 17.1 Å². The standard InChI is InChI=1S/C22H28N4O2S/c1-7-16(27)20-19(14-10-12-15(13-11-14)22(4,5)6)26(18(28)9-3)25-17(8-2)23-24-21(25)29-20/h10-13H,7-9H2,1-6H3. The van der Waals surface area contributed by atoms with Crippen molar-refractivity contribution in [1.82, 2.24) is 14.9 Å². The maximum absolute atomic E-state index is 13.1. The average Bonchev–Trinajstić information content (AvgIpc) is 3.13. The lowest BCUT2D eigenvalue weighted by atomic mass is 9.86. The summed E-state index contributed by atoms with van der Waals surface area (Å²) in [5.41, 5.74) is 2.68. The van der Waals surface area contributed by atoms with Crippen molar-refractivity contribution in [2.45, 2.75) is 71.4 Å². The number of carbonyl (C=O) groups excluding carboxylic acids is 2. The molecule has 1 aromatic carbocycles. The molecule has 29 heavy (non-hydrogen) atoms. The molecular formula is C22H28N4O2S. The van der Waals surface area contributed by atoms with Gasteiger partial charge in [0.25, 0.3) is 0 Å². The first-order chi connectivity index (χ1) is 13.7. The molecule has 154 valence electrons. The van der Waals surface area contributed by atoms with Crippen molar-refractivity contribution in [2.24, 2.45) is 0 Å². The lowest BCUT2D eigenvalue weighted by molar-refractivity contribution is -0.119. The summed E-state index contributed by atoms with van der Waals surface area (Å²) in [5, 5.41) is 10.6. The van der Waals surface area contributed by atoms with Gasteiger partial charge >= 0.3 is 0 Å². The van der Waals surface area contributed by atoms with E-state index in [9.17, 15) is 9.59 Å². The van der Waals surface area contributed by atoms with E-state index in [1.165, 1.54) is 17.3 Å². The molecule has 0 saturated heterocycles. The van der Waals surface area contributed by atoms with Gasteiger partial charge in [0.1, 0.15) is 0 Å². The predicted octanol–water partition coefficient (Wildman–Crippen LogP) is 4.47. The number of benzene rings is 1. The first-order valence-electron chi connectivity index (χ1n) is 10.1. The number of aryl methyl sites for hydroxylation is 1. The van der Waals surface area contributed by atoms with Crippen molar-refractivity contribution < 1.29 is 9.59 Å². The zero-order chi connectivity index (χ0) is 21.3. The van der Waals surface area contributed by atoms with Crippen LogP contribution in [-0.4, -0.2) is 26.6 Å². The first-order valence-corrected chi connectivity index (χ1v) is 10.9. The number of Topliss-reactive ketones (excluding diaryl/α,β-unsaturated/α-hetero) is 1. The van der Waals surface area contributed by atoms with E-state index in [2.05, 4.69) is 43.1 Å². The van der Waals surface area contributed by atoms with Crippen LogP contribution in [0.1, 0.15) is 71.3 Å². The fourth-order valence-corrected chi connectivity index (χ4v) is 4.33. The van der Waals surface area contributed by atoms with E-state index in [0.29, 0.717) is 40.8 Å². The third kappa shape index (κ3) is 3.88. The number of carbonyl (C=O) groups is 2. The summed E-state index contributed by atoms with van der Waals surface area (Å²) in [7, 11) is 0. The Balaban J connectivity index is 2.25. The average molecular weight is 413 g/mol. The highest BCUT2D eigenvalue weighted by molar-refractivity contribution is 8.04. The molecule has 0 radical (unpaired) electrons. The van der Waals surface area contributed by atoms with E-state index in [4.69, 9.17) is 0 Å². The first kappa shape index (κ1) is 21.3. The molecule has 0 N–H and O–H groups in total. The van der Waals surface area contributed by atoms with Crippen LogP contribution in [0.5, 0.6) is 0 Å². The van der Waals surface area contributed by atoms with Crippen LogP contribution in [0.4, 0.5) is 0 Å². The number of aromatic nitrogens is 3. The maximum Gasteiger partial charge on any atom is 0.246 e. The number of allylic oxidation sites excluding steroid dienone is 1. The molecule has 0 atom stereocenters. The Labute approximate surface area is 176 Å². The molecule has 0 aliphatic carbocycles. The number of hydrogen-bond acceptors (Lipinski definition) is 5. The van der Waals surface area contributed by atoms with Gasteiger partial charge in [-0.25, -0.2) is 9.69 Å². The smallest absolute Gasteiger partial charge is 0.246 e. The van der Waals surface area contributed by atoms with Crippen LogP contribution in [0.3, 0.4) is 0 Å². The minimum atomic E-state index is -0.0997. The van der Waals surface area contributed by atoms with Gasteiger partial charge in [0, 0.05) is 24.8 Å². The minimum absolute atomic E-state index is 0.00824. The van der Waals surface area contributed by atoms with Gasteiger partial charge in [-0.1, -0.05) is 65.8 Å². The monoisotopic (exact) mass is 412 g/mol. The number of thioether (sulfide) groups is 1. The molecule has 0 fully saturated rings. The zero-order valence-corrected chi connectivity index (χ0v) is 18.8. The summed E-state index contributed by atoms with van der Waals surface area (Å²) < 4.78 is 1.76. The SMILES string of the molecule is CCC(=O)C1=C(c2ccc(C(C)(C)C)cc2)N(C(=O)CC)n2c(CC)nnc2S1. The molecule has 2 heterocycles. The van der Waals surface area contributed by atoms with Gasteiger partial charge in [0.2, 0.25) is 11.1 Å². The number of nitrogens with zero attached hydrogens (tertiary/aromatic N) is 4. The summed E-state index contributed by atoms with van der Waals surface area (Å²) in [5.74, 6) is 0.588. The van der Waals surface area contributed by atoms with Crippen LogP contribution in [0.25, 0.3) is 5.70 Å². The summed E-state index contributed by atoms with van der Waals surface area (Å²) in [6.07, 6.45) is 1.30. The summed E-state index contributed by atoms with van der Waals surface area (Å²) in [6, 6.07) is 8.13. The number of amides is 1. The summed E-state index contributed by atoms with van der Waals surface area (Å²) in [6.45, 7) is 12.1. The summed E-state index contributed by atoms with van der Waals surface area (Å²) in [4.78, 5) is 26.4. The molecule has 0 unspecified atom stereocenters. The van der Waals surface area contributed by atoms with Crippen molar-refractivity contribution >= 4 is 29.1 Å². The molecule has 3 rings (SSSR count). The molecule has 0 bridgehead atoms. The van der Waals surface area contributed by atoms with Gasteiger partial charge in [-0.05, 0) is 22.7 Å². The lowest BCUT2D eigenvalue weighted by Gasteiger charge is -2.33. The Morgan fingerprint density at radius 2 is 1.66 bits per heavy atom. The van der Waals surface area contributed by atoms with E-state index in [1.54, 1.807) is 9.69 Å². The maximum atomic E-state index is 13.1. The van der Waals surface area contributed by atoms with E-state index in [0.717, 1.165) is 5.56 Å². The van der Waals surface area contributed by atoms with Gasteiger partial charge in [-0.2, -0.15) is 0 Å². The Kier molecular flexibility index (Phi) is 5.98. The van der Waals surface area contributed by atoms with Crippen LogP contribution in [0.2, 0.25) is 0 Å².